The first-order valence-corrected chi connectivity index (χ1v) is 6.41. The van der Waals surface area contributed by atoms with E-state index in [1.54, 1.807) is 11.3 Å². The molecular weight excluding hydrogens is 216 g/mol. The number of benzene rings is 1. The van der Waals surface area contributed by atoms with E-state index in [-0.39, 0.29) is 0 Å². The molecule has 16 heavy (non-hydrogen) atoms. The third kappa shape index (κ3) is 1.52. The van der Waals surface area contributed by atoms with Gasteiger partial charge in [0, 0.05) is 10.4 Å². The zero-order valence-electron chi connectivity index (χ0n) is 9.29. The van der Waals surface area contributed by atoms with Crippen LogP contribution in [0.25, 0.3) is 11.3 Å². The zero-order chi connectivity index (χ0) is 11.1. The molecule has 2 nitrogen and oxygen atoms in total. The maximum atomic E-state index is 5.74. The van der Waals surface area contributed by atoms with Gasteiger partial charge in [-0.3, -0.25) is 0 Å². The molecule has 0 atom stereocenters. The summed E-state index contributed by atoms with van der Waals surface area (Å²) in [6, 6.07) is 6.70. The largest absolute Gasteiger partial charge is 0.375 e. The van der Waals surface area contributed by atoms with Crippen LogP contribution in [-0.2, 0) is 12.8 Å². The predicted octanol–water partition coefficient (Wildman–Crippen LogP) is 3.19. The molecular formula is C13H14N2S. The van der Waals surface area contributed by atoms with E-state index in [0.717, 1.165) is 5.69 Å². The molecule has 0 spiro atoms. The van der Waals surface area contributed by atoms with E-state index in [1.807, 2.05) is 0 Å². The maximum Gasteiger partial charge on any atom is 0.180 e. The first kappa shape index (κ1) is 9.85. The number of hydrogen-bond acceptors (Lipinski definition) is 3. The van der Waals surface area contributed by atoms with Crippen molar-refractivity contribution < 1.29 is 0 Å². The lowest BCUT2D eigenvalue weighted by atomic mass is 10.0. The number of nitrogen functional groups attached to an aromatic ring is 1. The molecule has 0 amide bonds. The topological polar surface area (TPSA) is 38.9 Å². The molecule has 0 fully saturated rings. The molecule has 3 heteroatoms. The smallest absolute Gasteiger partial charge is 0.180 e. The third-order valence-electron chi connectivity index (χ3n) is 3.19. The SMILES string of the molecule is Cc1sc(N)nc1-c1ccc2c(c1)CCC2. The summed E-state index contributed by atoms with van der Waals surface area (Å²) >= 11 is 1.56. The van der Waals surface area contributed by atoms with Crippen molar-refractivity contribution in [1.82, 2.24) is 4.98 Å². The second kappa shape index (κ2) is 3.59. The van der Waals surface area contributed by atoms with E-state index in [9.17, 15) is 0 Å². The Bertz CT molecular complexity index is 543. The average molecular weight is 230 g/mol. The molecule has 0 radical (unpaired) electrons. The van der Waals surface area contributed by atoms with Gasteiger partial charge in [-0.25, -0.2) is 4.98 Å². The maximum absolute atomic E-state index is 5.74. The van der Waals surface area contributed by atoms with Crippen LogP contribution in [0.4, 0.5) is 5.13 Å². The number of rotatable bonds is 1. The number of nitrogens with zero attached hydrogens (tertiary/aromatic N) is 1. The van der Waals surface area contributed by atoms with Gasteiger partial charge in [0.2, 0.25) is 0 Å². The fourth-order valence-electron chi connectivity index (χ4n) is 2.40. The summed E-state index contributed by atoms with van der Waals surface area (Å²) in [5.74, 6) is 0. The van der Waals surface area contributed by atoms with Crippen LogP contribution >= 0.6 is 11.3 Å². The molecule has 1 aliphatic rings. The standard InChI is InChI=1S/C13H14N2S/c1-8-12(15-13(14)16-8)11-6-5-9-3-2-4-10(9)7-11/h5-7H,2-4H2,1H3,(H2,14,15). The number of aryl methyl sites for hydroxylation is 3. The first-order valence-electron chi connectivity index (χ1n) is 5.59. The minimum atomic E-state index is 0.660. The van der Waals surface area contributed by atoms with Crippen molar-refractivity contribution in [2.45, 2.75) is 26.2 Å². The van der Waals surface area contributed by atoms with E-state index in [2.05, 4.69) is 30.1 Å². The number of aromatic nitrogens is 1. The summed E-state index contributed by atoms with van der Waals surface area (Å²) in [6.45, 7) is 2.08. The summed E-state index contributed by atoms with van der Waals surface area (Å²) < 4.78 is 0. The van der Waals surface area contributed by atoms with Crippen molar-refractivity contribution in [1.29, 1.82) is 0 Å². The third-order valence-corrected chi connectivity index (χ3v) is 3.99. The van der Waals surface area contributed by atoms with Crippen LogP contribution in [0.3, 0.4) is 0 Å². The summed E-state index contributed by atoms with van der Waals surface area (Å²) in [4.78, 5) is 5.61. The summed E-state index contributed by atoms with van der Waals surface area (Å²) in [5.41, 5.74) is 11.0. The van der Waals surface area contributed by atoms with E-state index < -0.39 is 0 Å². The fraction of sp³-hybridized carbons (Fsp3) is 0.308. The lowest BCUT2D eigenvalue weighted by Gasteiger charge is -2.03. The average Bonchev–Trinajstić information content (AvgIpc) is 2.83. The molecule has 0 saturated carbocycles. The Morgan fingerprint density at radius 2 is 2.06 bits per heavy atom. The monoisotopic (exact) mass is 230 g/mol. The van der Waals surface area contributed by atoms with E-state index in [1.165, 1.54) is 40.8 Å². The molecule has 1 aromatic carbocycles. The van der Waals surface area contributed by atoms with Gasteiger partial charge in [0.25, 0.3) is 0 Å². The van der Waals surface area contributed by atoms with Gasteiger partial charge in [-0.2, -0.15) is 0 Å². The van der Waals surface area contributed by atoms with Crippen molar-refractivity contribution >= 4 is 16.5 Å². The van der Waals surface area contributed by atoms with Crippen LogP contribution in [0.5, 0.6) is 0 Å². The molecule has 0 unspecified atom stereocenters. The van der Waals surface area contributed by atoms with Gasteiger partial charge in [0.1, 0.15) is 0 Å². The summed E-state index contributed by atoms with van der Waals surface area (Å²) in [6.07, 6.45) is 3.73. The molecule has 82 valence electrons. The highest BCUT2D eigenvalue weighted by Gasteiger charge is 2.14. The van der Waals surface area contributed by atoms with Gasteiger partial charge < -0.3 is 5.73 Å². The molecule has 2 N–H and O–H groups in total. The van der Waals surface area contributed by atoms with Gasteiger partial charge in [-0.1, -0.05) is 12.1 Å². The molecule has 1 aromatic heterocycles. The van der Waals surface area contributed by atoms with Crippen molar-refractivity contribution in [3.63, 3.8) is 0 Å². The number of thiazole rings is 1. The number of nitrogens with two attached hydrogens (primary N) is 1. The summed E-state index contributed by atoms with van der Waals surface area (Å²) in [5, 5.41) is 0.660. The summed E-state index contributed by atoms with van der Waals surface area (Å²) in [7, 11) is 0. The molecule has 1 aliphatic carbocycles. The van der Waals surface area contributed by atoms with Crippen molar-refractivity contribution in [3.8, 4) is 11.3 Å². The van der Waals surface area contributed by atoms with Gasteiger partial charge in [-0.15, -0.1) is 11.3 Å². The molecule has 3 rings (SSSR count). The highest BCUT2D eigenvalue weighted by atomic mass is 32.1. The Morgan fingerprint density at radius 1 is 1.25 bits per heavy atom. The lowest BCUT2D eigenvalue weighted by molar-refractivity contribution is 0.912. The highest BCUT2D eigenvalue weighted by molar-refractivity contribution is 7.15. The van der Waals surface area contributed by atoms with E-state index >= 15 is 0 Å². The normalized spacial score (nSPS) is 14.1. The Kier molecular flexibility index (Phi) is 2.21. The van der Waals surface area contributed by atoms with Gasteiger partial charge in [-0.05, 0) is 43.4 Å². The Labute approximate surface area is 99.1 Å². The van der Waals surface area contributed by atoms with Crippen LogP contribution < -0.4 is 5.73 Å². The molecule has 0 aliphatic heterocycles. The quantitative estimate of drug-likeness (QED) is 0.817. The zero-order valence-corrected chi connectivity index (χ0v) is 10.1. The Morgan fingerprint density at radius 3 is 2.81 bits per heavy atom. The van der Waals surface area contributed by atoms with E-state index in [4.69, 9.17) is 5.73 Å². The van der Waals surface area contributed by atoms with Crippen molar-refractivity contribution in [3.05, 3.63) is 34.2 Å². The van der Waals surface area contributed by atoms with Crippen molar-refractivity contribution in [2.75, 3.05) is 5.73 Å². The van der Waals surface area contributed by atoms with Crippen LogP contribution in [0.15, 0.2) is 18.2 Å². The minimum absolute atomic E-state index is 0.660. The molecule has 0 bridgehead atoms. The van der Waals surface area contributed by atoms with Crippen molar-refractivity contribution in [2.24, 2.45) is 0 Å². The van der Waals surface area contributed by atoms with Crippen LogP contribution in [0, 0.1) is 6.92 Å². The number of anilines is 1. The van der Waals surface area contributed by atoms with Crippen LogP contribution in [0.1, 0.15) is 22.4 Å². The van der Waals surface area contributed by atoms with Crippen LogP contribution in [0.2, 0.25) is 0 Å². The number of hydrogen-bond donors (Lipinski definition) is 1. The molecule has 0 saturated heterocycles. The second-order valence-electron chi connectivity index (χ2n) is 4.29. The Balaban J connectivity index is 2.10. The molecule has 2 aromatic rings. The number of fused-ring (bicyclic) bond motifs is 1. The molecule has 1 heterocycles. The van der Waals surface area contributed by atoms with Gasteiger partial charge in [0.15, 0.2) is 5.13 Å². The second-order valence-corrected chi connectivity index (χ2v) is 5.53. The highest BCUT2D eigenvalue weighted by Crippen LogP contribution is 2.32. The van der Waals surface area contributed by atoms with Gasteiger partial charge >= 0.3 is 0 Å². The minimum Gasteiger partial charge on any atom is -0.375 e. The van der Waals surface area contributed by atoms with Gasteiger partial charge in [0.05, 0.1) is 5.69 Å². The van der Waals surface area contributed by atoms with Crippen LogP contribution in [-0.4, -0.2) is 4.98 Å². The van der Waals surface area contributed by atoms with E-state index in [0.29, 0.717) is 5.13 Å². The Hall–Kier alpha value is -1.35. The predicted molar refractivity (Wildman–Crippen MR) is 68.7 cm³/mol. The lowest BCUT2D eigenvalue weighted by Crippen LogP contribution is -1.87. The first-order chi connectivity index (χ1) is 7.74. The fourth-order valence-corrected chi connectivity index (χ4v) is 3.11.